The van der Waals surface area contributed by atoms with Gasteiger partial charge in [-0.25, -0.2) is 4.68 Å². The van der Waals surface area contributed by atoms with Gasteiger partial charge in [-0.2, -0.15) is 0 Å². The van der Waals surface area contributed by atoms with Crippen molar-refractivity contribution in [1.82, 2.24) is 25.1 Å². The van der Waals surface area contributed by atoms with Gasteiger partial charge in [0.05, 0.1) is 0 Å². The zero-order chi connectivity index (χ0) is 13.8. The summed E-state index contributed by atoms with van der Waals surface area (Å²) in [6, 6.07) is 9.62. The average Bonchev–Trinajstić information content (AvgIpc) is 3.18. The molecular formula is C14H17N5O. The summed E-state index contributed by atoms with van der Waals surface area (Å²) >= 11 is 0. The van der Waals surface area contributed by atoms with Crippen molar-refractivity contribution in [1.29, 1.82) is 0 Å². The minimum atomic E-state index is -0.356. The molecule has 6 nitrogen and oxygen atoms in total. The first-order valence-corrected chi connectivity index (χ1v) is 6.90. The second-order valence-corrected chi connectivity index (χ2v) is 5.03. The molecular weight excluding hydrogens is 254 g/mol. The summed E-state index contributed by atoms with van der Waals surface area (Å²) in [4.78, 5) is 14.6. The maximum absolute atomic E-state index is 12.7. The van der Waals surface area contributed by atoms with E-state index in [0.29, 0.717) is 6.42 Å². The van der Waals surface area contributed by atoms with Crippen LogP contribution in [0.2, 0.25) is 0 Å². The van der Waals surface area contributed by atoms with E-state index in [1.165, 1.54) is 6.33 Å². The second kappa shape index (κ2) is 5.81. The molecule has 20 heavy (non-hydrogen) atoms. The van der Waals surface area contributed by atoms with Gasteiger partial charge in [0.2, 0.25) is 5.91 Å². The van der Waals surface area contributed by atoms with Gasteiger partial charge in [-0.15, -0.1) is 5.10 Å². The van der Waals surface area contributed by atoms with Crippen LogP contribution in [0.15, 0.2) is 36.7 Å². The zero-order valence-corrected chi connectivity index (χ0v) is 11.2. The Morgan fingerprint density at radius 1 is 1.20 bits per heavy atom. The van der Waals surface area contributed by atoms with E-state index in [1.54, 1.807) is 4.68 Å². The number of amides is 1. The van der Waals surface area contributed by atoms with Gasteiger partial charge in [0, 0.05) is 19.5 Å². The first-order chi connectivity index (χ1) is 9.84. The molecule has 3 rings (SSSR count). The quantitative estimate of drug-likeness (QED) is 0.834. The van der Waals surface area contributed by atoms with Crippen molar-refractivity contribution in [2.45, 2.75) is 25.3 Å². The molecule has 0 aliphatic carbocycles. The van der Waals surface area contributed by atoms with Crippen molar-refractivity contribution in [3.8, 4) is 0 Å². The van der Waals surface area contributed by atoms with Crippen molar-refractivity contribution in [3.63, 3.8) is 0 Å². The fraction of sp³-hybridized carbons (Fsp3) is 0.429. The molecule has 0 N–H and O–H groups in total. The van der Waals surface area contributed by atoms with Gasteiger partial charge in [0.1, 0.15) is 12.4 Å². The first-order valence-electron chi connectivity index (χ1n) is 6.90. The Labute approximate surface area is 117 Å². The molecule has 1 aromatic carbocycles. The standard InChI is InChI=1S/C14H17N5O/c20-14(18-8-4-5-9-18)13(19-11-15-16-17-19)10-12-6-2-1-3-7-12/h1-3,6-7,11,13H,4-5,8-10H2/t13-/m0/s1. The fourth-order valence-electron chi connectivity index (χ4n) is 2.59. The van der Waals surface area contributed by atoms with Gasteiger partial charge < -0.3 is 4.90 Å². The summed E-state index contributed by atoms with van der Waals surface area (Å²) in [7, 11) is 0. The highest BCUT2D eigenvalue weighted by Crippen LogP contribution is 2.19. The molecule has 1 atom stereocenters. The summed E-state index contributed by atoms with van der Waals surface area (Å²) < 4.78 is 1.56. The monoisotopic (exact) mass is 271 g/mol. The average molecular weight is 271 g/mol. The maximum Gasteiger partial charge on any atom is 0.247 e. The van der Waals surface area contributed by atoms with E-state index < -0.39 is 0 Å². The number of carbonyl (C=O) groups excluding carboxylic acids is 1. The normalized spacial score (nSPS) is 16.3. The molecule has 0 unspecified atom stereocenters. The van der Waals surface area contributed by atoms with E-state index in [9.17, 15) is 4.79 Å². The minimum Gasteiger partial charge on any atom is -0.341 e. The number of benzene rings is 1. The molecule has 2 aromatic rings. The van der Waals surface area contributed by atoms with Crippen LogP contribution in [0.3, 0.4) is 0 Å². The van der Waals surface area contributed by atoms with Crippen molar-refractivity contribution in [2.75, 3.05) is 13.1 Å². The molecule has 1 amide bonds. The Hall–Kier alpha value is -2.24. The number of tetrazole rings is 1. The number of rotatable bonds is 4. The van der Waals surface area contributed by atoms with Gasteiger partial charge in [-0.05, 0) is 28.8 Å². The summed E-state index contributed by atoms with van der Waals surface area (Å²) in [5.74, 6) is 0.110. The molecule has 2 heterocycles. The molecule has 1 aromatic heterocycles. The molecule has 1 saturated heterocycles. The number of carbonyl (C=O) groups is 1. The Kier molecular flexibility index (Phi) is 3.71. The predicted molar refractivity (Wildman–Crippen MR) is 72.8 cm³/mol. The van der Waals surface area contributed by atoms with Crippen LogP contribution >= 0.6 is 0 Å². The van der Waals surface area contributed by atoms with E-state index in [-0.39, 0.29) is 11.9 Å². The molecule has 1 aliphatic rings. The highest BCUT2D eigenvalue weighted by molar-refractivity contribution is 5.80. The molecule has 6 heteroatoms. The van der Waals surface area contributed by atoms with E-state index in [4.69, 9.17) is 0 Å². The molecule has 1 aliphatic heterocycles. The van der Waals surface area contributed by atoms with Crippen LogP contribution in [-0.4, -0.2) is 44.1 Å². The smallest absolute Gasteiger partial charge is 0.247 e. The predicted octanol–water partition coefficient (Wildman–Crippen LogP) is 1.08. The van der Waals surface area contributed by atoms with E-state index in [1.807, 2.05) is 35.2 Å². The Morgan fingerprint density at radius 3 is 2.60 bits per heavy atom. The third-order valence-corrected chi connectivity index (χ3v) is 3.66. The zero-order valence-electron chi connectivity index (χ0n) is 11.2. The summed E-state index contributed by atoms with van der Waals surface area (Å²) in [5, 5.41) is 11.2. The second-order valence-electron chi connectivity index (χ2n) is 5.03. The molecule has 0 bridgehead atoms. The fourth-order valence-corrected chi connectivity index (χ4v) is 2.59. The Bertz CT molecular complexity index is 548. The number of aromatic nitrogens is 4. The lowest BCUT2D eigenvalue weighted by atomic mass is 10.1. The third kappa shape index (κ3) is 2.68. The Morgan fingerprint density at radius 2 is 1.95 bits per heavy atom. The number of hydrogen-bond donors (Lipinski definition) is 0. The van der Waals surface area contributed by atoms with E-state index in [0.717, 1.165) is 31.5 Å². The molecule has 0 saturated carbocycles. The topological polar surface area (TPSA) is 63.9 Å². The lowest BCUT2D eigenvalue weighted by Gasteiger charge is -2.22. The Balaban J connectivity index is 1.82. The van der Waals surface area contributed by atoms with Crippen molar-refractivity contribution in [2.24, 2.45) is 0 Å². The summed E-state index contributed by atoms with van der Waals surface area (Å²) in [6.45, 7) is 1.68. The van der Waals surface area contributed by atoms with Crippen LogP contribution < -0.4 is 0 Å². The lowest BCUT2D eigenvalue weighted by molar-refractivity contribution is -0.134. The van der Waals surface area contributed by atoms with E-state index >= 15 is 0 Å². The van der Waals surface area contributed by atoms with Crippen molar-refractivity contribution < 1.29 is 4.79 Å². The third-order valence-electron chi connectivity index (χ3n) is 3.66. The first kappa shape index (κ1) is 12.8. The lowest BCUT2D eigenvalue weighted by Crippen LogP contribution is -2.36. The number of likely N-dealkylation sites (tertiary alicyclic amines) is 1. The number of nitrogens with zero attached hydrogens (tertiary/aromatic N) is 5. The van der Waals surface area contributed by atoms with Crippen LogP contribution in [0, 0.1) is 0 Å². The van der Waals surface area contributed by atoms with Gasteiger partial charge in [0.15, 0.2) is 0 Å². The summed E-state index contributed by atoms with van der Waals surface area (Å²) in [6.07, 6.45) is 4.29. The van der Waals surface area contributed by atoms with Crippen molar-refractivity contribution >= 4 is 5.91 Å². The van der Waals surface area contributed by atoms with Gasteiger partial charge >= 0.3 is 0 Å². The highest BCUT2D eigenvalue weighted by atomic mass is 16.2. The minimum absolute atomic E-state index is 0.110. The summed E-state index contributed by atoms with van der Waals surface area (Å²) in [5.41, 5.74) is 1.11. The van der Waals surface area contributed by atoms with E-state index in [2.05, 4.69) is 15.5 Å². The largest absolute Gasteiger partial charge is 0.341 e. The maximum atomic E-state index is 12.7. The van der Waals surface area contributed by atoms with Crippen LogP contribution in [-0.2, 0) is 11.2 Å². The van der Waals surface area contributed by atoms with Gasteiger partial charge in [-0.1, -0.05) is 30.3 Å². The molecule has 104 valence electrons. The van der Waals surface area contributed by atoms with Crippen molar-refractivity contribution in [3.05, 3.63) is 42.2 Å². The van der Waals surface area contributed by atoms with Gasteiger partial charge in [-0.3, -0.25) is 4.79 Å². The molecule has 0 spiro atoms. The van der Waals surface area contributed by atoms with Gasteiger partial charge in [0.25, 0.3) is 0 Å². The number of hydrogen-bond acceptors (Lipinski definition) is 4. The SMILES string of the molecule is O=C([C@H](Cc1ccccc1)n1cnnn1)N1CCCC1. The van der Waals surface area contributed by atoms with Crippen LogP contribution in [0.5, 0.6) is 0 Å². The van der Waals surface area contributed by atoms with Crippen LogP contribution in [0.25, 0.3) is 0 Å². The molecule has 1 fully saturated rings. The van der Waals surface area contributed by atoms with Crippen LogP contribution in [0.4, 0.5) is 0 Å². The van der Waals surface area contributed by atoms with Crippen LogP contribution in [0.1, 0.15) is 24.4 Å². The highest BCUT2D eigenvalue weighted by Gasteiger charge is 2.28. The molecule has 0 radical (unpaired) electrons.